The van der Waals surface area contributed by atoms with Gasteiger partial charge in [0.25, 0.3) is 0 Å². The standard InChI is InChI=1S/C13H18N2O4S/c1-15(2)20(18,19)10-5-6-12(11(7-10)13(16)17)14-8-9-3-4-9/h5-7,9,14H,3-4,8H2,1-2H3,(H,16,17). The maximum atomic E-state index is 12.0. The molecule has 1 saturated carbocycles. The number of hydrogen-bond acceptors (Lipinski definition) is 4. The zero-order chi connectivity index (χ0) is 14.9. The van der Waals surface area contributed by atoms with Crippen molar-refractivity contribution in [2.45, 2.75) is 17.7 Å². The van der Waals surface area contributed by atoms with Crippen LogP contribution >= 0.6 is 0 Å². The number of benzene rings is 1. The van der Waals surface area contributed by atoms with Crippen molar-refractivity contribution in [2.75, 3.05) is 26.0 Å². The van der Waals surface area contributed by atoms with E-state index in [4.69, 9.17) is 0 Å². The second kappa shape index (κ2) is 5.41. The van der Waals surface area contributed by atoms with Gasteiger partial charge in [-0.05, 0) is 37.0 Å². The number of carbonyl (C=O) groups is 1. The molecule has 1 aromatic rings. The Kier molecular flexibility index (Phi) is 4.01. The van der Waals surface area contributed by atoms with Crippen molar-refractivity contribution in [3.05, 3.63) is 23.8 Å². The van der Waals surface area contributed by atoms with Gasteiger partial charge in [0.15, 0.2) is 0 Å². The monoisotopic (exact) mass is 298 g/mol. The Labute approximate surface area is 118 Å². The molecule has 0 bridgehead atoms. The summed E-state index contributed by atoms with van der Waals surface area (Å²) in [7, 11) is -0.803. The summed E-state index contributed by atoms with van der Waals surface area (Å²) in [6, 6.07) is 4.14. The molecule has 0 atom stereocenters. The van der Waals surface area contributed by atoms with Gasteiger partial charge in [-0.1, -0.05) is 0 Å². The lowest BCUT2D eigenvalue weighted by atomic mass is 10.1. The van der Waals surface area contributed by atoms with E-state index < -0.39 is 16.0 Å². The molecule has 0 saturated heterocycles. The minimum Gasteiger partial charge on any atom is -0.478 e. The maximum Gasteiger partial charge on any atom is 0.337 e. The van der Waals surface area contributed by atoms with Crippen molar-refractivity contribution in [2.24, 2.45) is 5.92 Å². The number of rotatable bonds is 6. The average molecular weight is 298 g/mol. The minimum absolute atomic E-state index is 0.0168. The highest BCUT2D eigenvalue weighted by molar-refractivity contribution is 7.89. The van der Waals surface area contributed by atoms with Gasteiger partial charge >= 0.3 is 5.97 Å². The summed E-state index contributed by atoms with van der Waals surface area (Å²) in [5, 5.41) is 12.3. The molecule has 1 fully saturated rings. The van der Waals surface area contributed by atoms with Gasteiger partial charge in [-0.3, -0.25) is 0 Å². The molecule has 0 aliphatic heterocycles. The number of carboxylic acid groups (broad SMARTS) is 1. The highest BCUT2D eigenvalue weighted by Crippen LogP contribution is 2.30. The van der Waals surface area contributed by atoms with Crippen LogP contribution in [0.5, 0.6) is 0 Å². The fourth-order valence-corrected chi connectivity index (χ4v) is 2.73. The van der Waals surface area contributed by atoms with E-state index in [1.54, 1.807) is 0 Å². The quantitative estimate of drug-likeness (QED) is 0.830. The Balaban J connectivity index is 2.33. The zero-order valence-corrected chi connectivity index (χ0v) is 12.3. The number of sulfonamides is 1. The minimum atomic E-state index is -3.63. The summed E-state index contributed by atoms with van der Waals surface area (Å²) in [6.07, 6.45) is 2.31. The van der Waals surface area contributed by atoms with Gasteiger partial charge in [-0.2, -0.15) is 0 Å². The molecular formula is C13H18N2O4S. The van der Waals surface area contributed by atoms with E-state index in [0.29, 0.717) is 11.6 Å². The van der Waals surface area contributed by atoms with E-state index in [-0.39, 0.29) is 10.5 Å². The van der Waals surface area contributed by atoms with Crippen molar-refractivity contribution in [3.8, 4) is 0 Å². The van der Waals surface area contributed by atoms with Crippen molar-refractivity contribution in [1.82, 2.24) is 4.31 Å². The Morgan fingerprint density at radius 1 is 1.40 bits per heavy atom. The fraction of sp³-hybridized carbons (Fsp3) is 0.462. The van der Waals surface area contributed by atoms with Gasteiger partial charge < -0.3 is 10.4 Å². The first-order valence-corrected chi connectivity index (χ1v) is 7.80. The van der Waals surface area contributed by atoms with Crippen molar-refractivity contribution < 1.29 is 18.3 Å². The zero-order valence-electron chi connectivity index (χ0n) is 11.5. The van der Waals surface area contributed by atoms with E-state index in [1.165, 1.54) is 32.3 Å². The van der Waals surface area contributed by atoms with Crippen LogP contribution in [-0.2, 0) is 10.0 Å². The van der Waals surface area contributed by atoms with Gasteiger partial charge in [0, 0.05) is 26.3 Å². The molecule has 1 aromatic carbocycles. The first kappa shape index (κ1) is 14.8. The summed E-state index contributed by atoms with van der Waals surface area (Å²) in [5.41, 5.74) is 0.440. The molecule has 1 aliphatic rings. The number of nitrogens with one attached hydrogen (secondary N) is 1. The second-order valence-corrected chi connectivity index (χ2v) is 7.28. The summed E-state index contributed by atoms with van der Waals surface area (Å²) in [5.74, 6) is -0.541. The van der Waals surface area contributed by atoms with Crippen LogP contribution in [0.4, 0.5) is 5.69 Å². The van der Waals surface area contributed by atoms with E-state index in [9.17, 15) is 18.3 Å². The topological polar surface area (TPSA) is 86.7 Å². The summed E-state index contributed by atoms with van der Waals surface area (Å²) in [4.78, 5) is 11.3. The van der Waals surface area contributed by atoms with Crippen molar-refractivity contribution >= 4 is 21.7 Å². The number of nitrogens with zero attached hydrogens (tertiary/aromatic N) is 1. The highest BCUT2D eigenvalue weighted by atomic mass is 32.2. The molecule has 110 valence electrons. The molecule has 0 heterocycles. The largest absolute Gasteiger partial charge is 0.478 e. The molecule has 0 amide bonds. The second-order valence-electron chi connectivity index (χ2n) is 5.12. The normalized spacial score (nSPS) is 15.3. The van der Waals surface area contributed by atoms with Crippen LogP contribution in [0.25, 0.3) is 0 Å². The Hall–Kier alpha value is -1.60. The van der Waals surface area contributed by atoms with Crippen molar-refractivity contribution in [3.63, 3.8) is 0 Å². The van der Waals surface area contributed by atoms with E-state index in [2.05, 4.69) is 5.32 Å². The van der Waals surface area contributed by atoms with Crippen LogP contribution in [0.1, 0.15) is 23.2 Å². The van der Waals surface area contributed by atoms with Crippen LogP contribution in [-0.4, -0.2) is 44.4 Å². The lowest BCUT2D eigenvalue weighted by Gasteiger charge is -2.14. The summed E-state index contributed by atoms with van der Waals surface area (Å²) in [6.45, 7) is 0.722. The predicted octanol–water partition coefficient (Wildman–Crippen LogP) is 1.46. The molecule has 0 radical (unpaired) electrons. The van der Waals surface area contributed by atoms with Gasteiger partial charge in [0.2, 0.25) is 10.0 Å². The first-order chi connectivity index (χ1) is 9.32. The van der Waals surface area contributed by atoms with Crippen LogP contribution < -0.4 is 5.32 Å². The van der Waals surface area contributed by atoms with E-state index >= 15 is 0 Å². The van der Waals surface area contributed by atoms with Gasteiger partial charge in [0.05, 0.1) is 10.5 Å². The van der Waals surface area contributed by atoms with Crippen LogP contribution in [0.15, 0.2) is 23.1 Å². The first-order valence-electron chi connectivity index (χ1n) is 6.36. The fourth-order valence-electron chi connectivity index (χ4n) is 1.80. The molecule has 1 aliphatic carbocycles. The molecule has 2 N–H and O–H groups in total. The number of anilines is 1. The molecule has 0 spiro atoms. The maximum absolute atomic E-state index is 12.0. The highest BCUT2D eigenvalue weighted by Gasteiger charge is 2.23. The Morgan fingerprint density at radius 2 is 2.05 bits per heavy atom. The van der Waals surface area contributed by atoms with Crippen LogP contribution in [0.2, 0.25) is 0 Å². The SMILES string of the molecule is CN(C)S(=O)(=O)c1ccc(NCC2CC2)c(C(=O)O)c1. The Bertz CT molecular complexity index is 621. The molecule has 6 nitrogen and oxygen atoms in total. The lowest BCUT2D eigenvalue weighted by Crippen LogP contribution is -2.22. The Morgan fingerprint density at radius 3 is 2.55 bits per heavy atom. The number of aromatic carboxylic acids is 1. The number of hydrogen-bond donors (Lipinski definition) is 2. The third kappa shape index (κ3) is 3.10. The van der Waals surface area contributed by atoms with Gasteiger partial charge in [-0.15, -0.1) is 0 Å². The molecule has 2 rings (SSSR count). The summed E-state index contributed by atoms with van der Waals surface area (Å²) < 4.78 is 25.1. The van der Waals surface area contributed by atoms with E-state index in [1.807, 2.05) is 0 Å². The smallest absolute Gasteiger partial charge is 0.337 e. The molecule has 7 heteroatoms. The molecule has 20 heavy (non-hydrogen) atoms. The third-order valence-electron chi connectivity index (χ3n) is 3.28. The average Bonchev–Trinajstić information content (AvgIpc) is 3.19. The van der Waals surface area contributed by atoms with Crippen LogP contribution in [0.3, 0.4) is 0 Å². The molecule has 0 unspecified atom stereocenters. The van der Waals surface area contributed by atoms with Crippen LogP contribution in [0, 0.1) is 5.92 Å². The van der Waals surface area contributed by atoms with Gasteiger partial charge in [0.1, 0.15) is 0 Å². The number of carboxylic acids is 1. The molecular weight excluding hydrogens is 280 g/mol. The predicted molar refractivity (Wildman–Crippen MR) is 75.5 cm³/mol. The third-order valence-corrected chi connectivity index (χ3v) is 5.09. The summed E-state index contributed by atoms with van der Waals surface area (Å²) >= 11 is 0. The van der Waals surface area contributed by atoms with Crippen molar-refractivity contribution in [1.29, 1.82) is 0 Å². The lowest BCUT2D eigenvalue weighted by molar-refractivity contribution is 0.0697. The van der Waals surface area contributed by atoms with Gasteiger partial charge in [-0.25, -0.2) is 17.5 Å². The molecule has 0 aromatic heterocycles. The van der Waals surface area contributed by atoms with E-state index in [0.717, 1.165) is 23.7 Å².